The highest BCUT2D eigenvalue weighted by atomic mass is 32.1. The lowest BCUT2D eigenvalue weighted by Gasteiger charge is -2.37. The molecule has 0 aliphatic heterocycles. The van der Waals surface area contributed by atoms with Crippen molar-refractivity contribution in [2.24, 2.45) is 0 Å². The Labute approximate surface area is 103 Å². The van der Waals surface area contributed by atoms with Crippen molar-refractivity contribution in [2.75, 3.05) is 13.7 Å². The summed E-state index contributed by atoms with van der Waals surface area (Å²) in [7, 11) is 2.01. The van der Waals surface area contributed by atoms with Crippen LogP contribution in [0.1, 0.15) is 43.7 Å². The van der Waals surface area contributed by atoms with Gasteiger partial charge in [0.15, 0.2) is 0 Å². The molecule has 0 bridgehead atoms. The highest BCUT2D eigenvalue weighted by Gasteiger charge is 2.34. The third-order valence-electron chi connectivity index (χ3n) is 3.29. The van der Waals surface area contributed by atoms with Gasteiger partial charge in [-0.25, -0.2) is 0 Å². The van der Waals surface area contributed by atoms with Gasteiger partial charge < -0.3 is 10.1 Å². The molecule has 1 heterocycles. The lowest BCUT2D eigenvalue weighted by Crippen LogP contribution is -2.42. The highest BCUT2D eigenvalue weighted by molar-refractivity contribution is 7.10. The standard InChI is InChI=1S/C13H23NOS/c1-6-13(4,15-7-2)12(14-5)11-8-9-16-10(11)3/h8-9,12,14H,6-7H2,1-5H3. The zero-order valence-corrected chi connectivity index (χ0v) is 11.8. The molecule has 92 valence electrons. The Bertz CT molecular complexity index is 323. The molecular formula is C13H23NOS. The Hall–Kier alpha value is -0.380. The summed E-state index contributed by atoms with van der Waals surface area (Å²) in [5.74, 6) is 0. The molecule has 1 rings (SSSR count). The second kappa shape index (κ2) is 5.80. The van der Waals surface area contributed by atoms with Crippen LogP contribution in [-0.4, -0.2) is 19.3 Å². The molecule has 0 aliphatic rings. The number of aryl methyl sites for hydroxylation is 1. The van der Waals surface area contributed by atoms with Crippen molar-refractivity contribution >= 4 is 11.3 Å². The molecule has 16 heavy (non-hydrogen) atoms. The van der Waals surface area contributed by atoms with Gasteiger partial charge in [0.2, 0.25) is 0 Å². The molecule has 0 spiro atoms. The van der Waals surface area contributed by atoms with E-state index in [1.165, 1.54) is 10.4 Å². The van der Waals surface area contributed by atoms with E-state index in [2.05, 4.69) is 44.5 Å². The summed E-state index contributed by atoms with van der Waals surface area (Å²) in [6.07, 6.45) is 1.00. The van der Waals surface area contributed by atoms with Crippen molar-refractivity contribution in [2.45, 2.75) is 45.8 Å². The van der Waals surface area contributed by atoms with Gasteiger partial charge in [0.25, 0.3) is 0 Å². The number of rotatable bonds is 6. The molecule has 0 aromatic carbocycles. The first-order chi connectivity index (χ1) is 7.59. The van der Waals surface area contributed by atoms with Gasteiger partial charge in [-0.1, -0.05) is 6.92 Å². The molecule has 2 atom stereocenters. The first kappa shape index (κ1) is 13.7. The fraction of sp³-hybridized carbons (Fsp3) is 0.692. The van der Waals surface area contributed by atoms with Gasteiger partial charge in [-0.15, -0.1) is 11.3 Å². The highest BCUT2D eigenvalue weighted by Crippen LogP contribution is 2.35. The van der Waals surface area contributed by atoms with Crippen LogP contribution in [0.4, 0.5) is 0 Å². The monoisotopic (exact) mass is 241 g/mol. The van der Waals surface area contributed by atoms with E-state index in [1.54, 1.807) is 11.3 Å². The zero-order chi connectivity index (χ0) is 12.2. The maximum atomic E-state index is 5.95. The van der Waals surface area contributed by atoms with E-state index in [4.69, 9.17) is 4.74 Å². The van der Waals surface area contributed by atoms with E-state index in [0.29, 0.717) is 0 Å². The number of ether oxygens (including phenoxy) is 1. The lowest BCUT2D eigenvalue weighted by molar-refractivity contribution is -0.0547. The van der Waals surface area contributed by atoms with Gasteiger partial charge in [0.05, 0.1) is 11.6 Å². The molecule has 0 fully saturated rings. The van der Waals surface area contributed by atoms with Gasteiger partial charge in [-0.05, 0) is 51.2 Å². The molecule has 0 saturated carbocycles. The molecular weight excluding hydrogens is 218 g/mol. The average Bonchev–Trinajstić information content (AvgIpc) is 2.66. The molecule has 1 N–H and O–H groups in total. The van der Waals surface area contributed by atoms with Crippen LogP contribution < -0.4 is 5.32 Å². The lowest BCUT2D eigenvalue weighted by atomic mass is 9.88. The number of likely N-dealkylation sites (N-methyl/N-ethyl adjacent to an activating group) is 1. The molecule has 3 heteroatoms. The van der Waals surface area contributed by atoms with Crippen molar-refractivity contribution < 1.29 is 4.74 Å². The zero-order valence-electron chi connectivity index (χ0n) is 11.0. The van der Waals surface area contributed by atoms with Gasteiger partial charge in [-0.3, -0.25) is 0 Å². The van der Waals surface area contributed by atoms with Crippen LogP contribution in [0.25, 0.3) is 0 Å². The smallest absolute Gasteiger partial charge is 0.0845 e. The van der Waals surface area contributed by atoms with E-state index < -0.39 is 0 Å². The van der Waals surface area contributed by atoms with Gasteiger partial charge in [0.1, 0.15) is 0 Å². The van der Waals surface area contributed by atoms with E-state index >= 15 is 0 Å². The fourth-order valence-corrected chi connectivity index (χ4v) is 2.94. The van der Waals surface area contributed by atoms with E-state index in [9.17, 15) is 0 Å². The van der Waals surface area contributed by atoms with E-state index in [-0.39, 0.29) is 11.6 Å². The van der Waals surface area contributed by atoms with Crippen LogP contribution >= 0.6 is 11.3 Å². The number of hydrogen-bond acceptors (Lipinski definition) is 3. The Balaban J connectivity index is 3.00. The van der Waals surface area contributed by atoms with Crippen LogP contribution in [0.15, 0.2) is 11.4 Å². The summed E-state index contributed by atoms with van der Waals surface area (Å²) < 4.78 is 5.95. The average molecular weight is 241 g/mol. The molecule has 0 amide bonds. The van der Waals surface area contributed by atoms with Crippen molar-refractivity contribution in [1.29, 1.82) is 0 Å². The third-order valence-corrected chi connectivity index (χ3v) is 4.15. The molecule has 0 saturated heterocycles. The van der Waals surface area contributed by atoms with Crippen molar-refractivity contribution in [3.8, 4) is 0 Å². The van der Waals surface area contributed by atoms with Crippen molar-refractivity contribution in [3.63, 3.8) is 0 Å². The molecule has 2 unspecified atom stereocenters. The summed E-state index contributed by atoms with van der Waals surface area (Å²) in [6, 6.07) is 2.47. The Kier molecular flexibility index (Phi) is 4.96. The summed E-state index contributed by atoms with van der Waals surface area (Å²) in [4.78, 5) is 1.37. The third kappa shape index (κ3) is 2.65. The summed E-state index contributed by atoms with van der Waals surface area (Å²) in [5, 5.41) is 5.55. The van der Waals surface area contributed by atoms with E-state index in [1.807, 2.05) is 7.05 Å². The molecule has 1 aromatic rings. The Morgan fingerprint density at radius 2 is 2.19 bits per heavy atom. The van der Waals surface area contributed by atoms with Gasteiger partial charge in [0, 0.05) is 11.5 Å². The van der Waals surface area contributed by atoms with Crippen LogP contribution in [0.5, 0.6) is 0 Å². The SMILES string of the molecule is CCOC(C)(CC)C(NC)c1ccsc1C. The molecule has 1 aromatic heterocycles. The molecule has 0 radical (unpaired) electrons. The maximum Gasteiger partial charge on any atom is 0.0845 e. The van der Waals surface area contributed by atoms with Crippen LogP contribution in [0, 0.1) is 6.92 Å². The Morgan fingerprint density at radius 1 is 1.50 bits per heavy atom. The fourth-order valence-electron chi connectivity index (χ4n) is 2.20. The first-order valence-electron chi connectivity index (χ1n) is 5.94. The van der Waals surface area contributed by atoms with Crippen molar-refractivity contribution in [1.82, 2.24) is 5.32 Å². The minimum absolute atomic E-state index is 0.130. The largest absolute Gasteiger partial charge is 0.374 e. The predicted molar refractivity (Wildman–Crippen MR) is 71.2 cm³/mol. The number of thiophene rings is 1. The summed E-state index contributed by atoms with van der Waals surface area (Å²) >= 11 is 1.80. The minimum atomic E-state index is -0.130. The Morgan fingerprint density at radius 3 is 2.56 bits per heavy atom. The van der Waals surface area contributed by atoms with Crippen LogP contribution in [0.2, 0.25) is 0 Å². The van der Waals surface area contributed by atoms with Crippen LogP contribution in [-0.2, 0) is 4.74 Å². The molecule has 2 nitrogen and oxygen atoms in total. The van der Waals surface area contributed by atoms with Crippen molar-refractivity contribution in [3.05, 3.63) is 21.9 Å². The first-order valence-corrected chi connectivity index (χ1v) is 6.82. The van der Waals surface area contributed by atoms with E-state index in [0.717, 1.165) is 13.0 Å². The maximum absolute atomic E-state index is 5.95. The number of nitrogens with one attached hydrogen (secondary N) is 1. The molecule has 0 aliphatic carbocycles. The minimum Gasteiger partial charge on any atom is -0.374 e. The summed E-state index contributed by atoms with van der Waals surface area (Å²) in [6.45, 7) is 9.36. The quantitative estimate of drug-likeness (QED) is 0.822. The second-order valence-corrected chi connectivity index (χ2v) is 5.37. The van der Waals surface area contributed by atoms with Crippen LogP contribution in [0.3, 0.4) is 0 Å². The second-order valence-electron chi connectivity index (χ2n) is 4.25. The number of hydrogen-bond donors (Lipinski definition) is 1. The normalized spacial score (nSPS) is 17.1. The topological polar surface area (TPSA) is 21.3 Å². The van der Waals surface area contributed by atoms with Gasteiger partial charge >= 0.3 is 0 Å². The predicted octanol–water partition coefficient (Wildman–Crippen LogP) is 3.52. The van der Waals surface area contributed by atoms with Gasteiger partial charge in [-0.2, -0.15) is 0 Å². The summed E-state index contributed by atoms with van der Waals surface area (Å²) in [5.41, 5.74) is 1.24.